The summed E-state index contributed by atoms with van der Waals surface area (Å²) in [6, 6.07) is 13.1. The van der Waals surface area contributed by atoms with E-state index in [9.17, 15) is 14.0 Å². The number of nitrogens with one attached hydrogen (secondary N) is 1. The number of hydrogen-bond acceptors (Lipinski definition) is 5. The Hall–Kier alpha value is -3.88. The van der Waals surface area contributed by atoms with Gasteiger partial charge in [-0.1, -0.05) is 24.3 Å². The number of para-hydroxylation sites is 1. The minimum atomic E-state index is -0.398. The molecule has 4 rings (SSSR count). The van der Waals surface area contributed by atoms with Crippen LogP contribution in [0.2, 0.25) is 0 Å². The summed E-state index contributed by atoms with van der Waals surface area (Å²) in [7, 11) is 3.09. The third-order valence-electron chi connectivity index (χ3n) is 5.50. The molecule has 1 aliphatic heterocycles. The van der Waals surface area contributed by atoms with Gasteiger partial charge in [0.15, 0.2) is 17.2 Å². The van der Waals surface area contributed by atoms with E-state index in [1.807, 2.05) is 12.1 Å². The highest BCUT2D eigenvalue weighted by atomic mass is 19.1. The predicted molar refractivity (Wildman–Crippen MR) is 119 cm³/mol. The van der Waals surface area contributed by atoms with Crippen LogP contribution in [0.5, 0.6) is 11.5 Å². The Morgan fingerprint density at radius 1 is 1.12 bits per heavy atom. The first kappa shape index (κ1) is 22.3. The van der Waals surface area contributed by atoms with E-state index in [-0.39, 0.29) is 24.0 Å². The first-order valence-corrected chi connectivity index (χ1v) is 10.6. The number of methoxy groups -OCH3 is 2. The van der Waals surface area contributed by atoms with Gasteiger partial charge in [-0.3, -0.25) is 14.3 Å². The Morgan fingerprint density at radius 3 is 2.70 bits per heavy atom. The number of rotatable bonds is 7. The zero-order valence-corrected chi connectivity index (χ0v) is 18.5. The van der Waals surface area contributed by atoms with Gasteiger partial charge in [0.05, 0.1) is 14.2 Å². The van der Waals surface area contributed by atoms with Crippen molar-refractivity contribution in [2.24, 2.45) is 0 Å². The summed E-state index contributed by atoms with van der Waals surface area (Å²) in [4.78, 5) is 27.5. The molecular formula is C24H25FN4O4. The van der Waals surface area contributed by atoms with Gasteiger partial charge in [0.2, 0.25) is 0 Å². The molecular weight excluding hydrogens is 427 g/mol. The number of ether oxygens (including phenoxy) is 2. The highest BCUT2D eigenvalue weighted by Gasteiger charge is 2.26. The van der Waals surface area contributed by atoms with Crippen molar-refractivity contribution in [2.75, 3.05) is 20.8 Å². The largest absolute Gasteiger partial charge is 0.493 e. The summed E-state index contributed by atoms with van der Waals surface area (Å²) in [6.07, 6.45) is 0.678. The maximum Gasteiger partial charge on any atom is 0.272 e. The lowest BCUT2D eigenvalue weighted by atomic mass is 10.1. The number of benzene rings is 2. The van der Waals surface area contributed by atoms with Crippen LogP contribution in [-0.2, 0) is 19.6 Å². The zero-order valence-electron chi connectivity index (χ0n) is 18.5. The van der Waals surface area contributed by atoms with E-state index in [1.54, 1.807) is 34.9 Å². The molecule has 1 N–H and O–H groups in total. The standard InChI is InChI=1S/C24H25FN4O4/c1-32-21-9-4-7-17(22(21)33-2)14-26-23(30)19-13-20-24(31)28(10-5-11-29(20)27-19)15-16-6-3-8-18(25)12-16/h3-4,6-9,12-13H,5,10-11,14-15H2,1-2H3,(H,26,30). The first-order valence-electron chi connectivity index (χ1n) is 10.6. The Morgan fingerprint density at radius 2 is 1.94 bits per heavy atom. The molecule has 0 radical (unpaired) electrons. The molecule has 172 valence electrons. The summed E-state index contributed by atoms with van der Waals surface area (Å²) in [5, 5.41) is 7.17. The highest BCUT2D eigenvalue weighted by molar-refractivity contribution is 5.98. The topological polar surface area (TPSA) is 85.7 Å². The van der Waals surface area contributed by atoms with Gasteiger partial charge in [0.25, 0.3) is 11.8 Å². The van der Waals surface area contributed by atoms with E-state index in [0.29, 0.717) is 48.8 Å². The van der Waals surface area contributed by atoms with E-state index in [4.69, 9.17) is 9.47 Å². The van der Waals surface area contributed by atoms with Crippen LogP contribution >= 0.6 is 0 Å². The van der Waals surface area contributed by atoms with E-state index in [1.165, 1.54) is 25.3 Å². The second-order valence-corrected chi connectivity index (χ2v) is 7.68. The van der Waals surface area contributed by atoms with Crippen LogP contribution in [0.3, 0.4) is 0 Å². The maximum absolute atomic E-state index is 13.5. The fraction of sp³-hybridized carbons (Fsp3) is 0.292. The van der Waals surface area contributed by atoms with Crippen LogP contribution in [0.4, 0.5) is 4.39 Å². The quantitative estimate of drug-likeness (QED) is 0.596. The van der Waals surface area contributed by atoms with Crippen LogP contribution < -0.4 is 14.8 Å². The summed E-state index contributed by atoms with van der Waals surface area (Å²) in [5.74, 6) is 0.139. The molecule has 9 heteroatoms. The third kappa shape index (κ3) is 4.82. The summed E-state index contributed by atoms with van der Waals surface area (Å²) in [6.45, 7) is 1.54. The lowest BCUT2D eigenvalue weighted by Crippen LogP contribution is -2.30. The molecule has 1 aliphatic rings. The average Bonchev–Trinajstić information content (AvgIpc) is 3.19. The normalized spacial score (nSPS) is 13.3. The van der Waals surface area contributed by atoms with Gasteiger partial charge in [0.1, 0.15) is 11.5 Å². The summed E-state index contributed by atoms with van der Waals surface area (Å²) < 4.78 is 25.8. The Kier molecular flexibility index (Phi) is 6.58. The Balaban J connectivity index is 1.48. The molecule has 1 aromatic heterocycles. The molecule has 2 heterocycles. The van der Waals surface area contributed by atoms with Gasteiger partial charge in [-0.15, -0.1) is 0 Å². The Labute approximate surface area is 190 Å². The van der Waals surface area contributed by atoms with Gasteiger partial charge in [-0.25, -0.2) is 4.39 Å². The smallest absolute Gasteiger partial charge is 0.272 e. The molecule has 33 heavy (non-hydrogen) atoms. The van der Waals surface area contributed by atoms with Crippen LogP contribution in [0, 0.1) is 5.82 Å². The second-order valence-electron chi connectivity index (χ2n) is 7.68. The van der Waals surface area contributed by atoms with Gasteiger partial charge in [0, 0.05) is 37.8 Å². The molecule has 0 unspecified atom stereocenters. The van der Waals surface area contributed by atoms with Crippen LogP contribution in [0.1, 0.15) is 38.5 Å². The van der Waals surface area contributed by atoms with Gasteiger partial charge < -0.3 is 19.7 Å². The summed E-state index contributed by atoms with van der Waals surface area (Å²) >= 11 is 0. The second kappa shape index (κ2) is 9.72. The van der Waals surface area contributed by atoms with E-state index in [2.05, 4.69) is 10.4 Å². The van der Waals surface area contributed by atoms with Crippen molar-refractivity contribution in [3.8, 4) is 11.5 Å². The lowest BCUT2D eigenvalue weighted by Gasteiger charge is -2.20. The van der Waals surface area contributed by atoms with E-state index in [0.717, 1.165) is 5.56 Å². The molecule has 0 saturated heterocycles. The zero-order chi connectivity index (χ0) is 23.4. The molecule has 3 aromatic rings. The van der Waals surface area contributed by atoms with Crippen molar-refractivity contribution in [1.29, 1.82) is 0 Å². The third-order valence-corrected chi connectivity index (χ3v) is 5.50. The number of halogens is 1. The van der Waals surface area contributed by atoms with Crippen molar-refractivity contribution in [3.63, 3.8) is 0 Å². The monoisotopic (exact) mass is 452 g/mol. The van der Waals surface area contributed by atoms with Crippen molar-refractivity contribution in [1.82, 2.24) is 20.0 Å². The molecule has 0 saturated carbocycles. The lowest BCUT2D eigenvalue weighted by molar-refractivity contribution is 0.0745. The predicted octanol–water partition coefficient (Wildman–Crippen LogP) is 3.02. The van der Waals surface area contributed by atoms with E-state index >= 15 is 0 Å². The minimum absolute atomic E-state index is 0.160. The first-order chi connectivity index (χ1) is 16.0. The van der Waals surface area contributed by atoms with Crippen molar-refractivity contribution in [3.05, 3.63) is 76.9 Å². The molecule has 2 aromatic carbocycles. The average molecular weight is 452 g/mol. The molecule has 2 amide bonds. The number of aromatic nitrogens is 2. The number of fused-ring (bicyclic) bond motifs is 1. The van der Waals surface area contributed by atoms with Gasteiger partial charge >= 0.3 is 0 Å². The minimum Gasteiger partial charge on any atom is -0.493 e. The fourth-order valence-electron chi connectivity index (χ4n) is 3.91. The number of hydrogen-bond donors (Lipinski definition) is 1. The molecule has 0 aliphatic carbocycles. The molecule has 0 spiro atoms. The van der Waals surface area contributed by atoms with Crippen LogP contribution in [0.15, 0.2) is 48.5 Å². The molecule has 0 bridgehead atoms. The Bertz CT molecular complexity index is 1180. The summed E-state index contributed by atoms with van der Waals surface area (Å²) in [5.41, 5.74) is 1.96. The van der Waals surface area contributed by atoms with Crippen molar-refractivity contribution < 1.29 is 23.5 Å². The molecule has 8 nitrogen and oxygen atoms in total. The number of carbonyl (C=O) groups is 2. The number of nitrogens with zero attached hydrogens (tertiary/aromatic N) is 3. The van der Waals surface area contributed by atoms with E-state index < -0.39 is 5.91 Å². The molecule has 0 atom stereocenters. The number of aryl methyl sites for hydroxylation is 1. The van der Waals surface area contributed by atoms with Crippen molar-refractivity contribution in [2.45, 2.75) is 26.1 Å². The fourth-order valence-corrected chi connectivity index (χ4v) is 3.91. The highest BCUT2D eigenvalue weighted by Crippen LogP contribution is 2.30. The van der Waals surface area contributed by atoms with Gasteiger partial charge in [-0.2, -0.15) is 5.10 Å². The number of amides is 2. The van der Waals surface area contributed by atoms with Crippen LogP contribution in [0.25, 0.3) is 0 Å². The maximum atomic E-state index is 13.5. The van der Waals surface area contributed by atoms with Crippen LogP contribution in [-0.4, -0.2) is 47.3 Å². The molecule has 0 fully saturated rings. The van der Waals surface area contributed by atoms with Gasteiger partial charge in [-0.05, 0) is 30.2 Å². The number of carbonyl (C=O) groups excluding carboxylic acids is 2. The SMILES string of the molecule is COc1cccc(CNC(=O)c2cc3n(n2)CCCN(Cc2cccc(F)c2)C3=O)c1OC. The van der Waals surface area contributed by atoms with Crippen molar-refractivity contribution >= 4 is 11.8 Å².